The van der Waals surface area contributed by atoms with Gasteiger partial charge in [0.2, 0.25) is 0 Å². The van der Waals surface area contributed by atoms with Gasteiger partial charge in [-0.25, -0.2) is 9.59 Å². The molecule has 0 heterocycles. The zero-order valence-corrected chi connectivity index (χ0v) is 15.8. The molecule has 4 nitrogen and oxygen atoms in total. The fourth-order valence-corrected chi connectivity index (χ4v) is 2.40. The molecule has 25 heavy (non-hydrogen) atoms. The fourth-order valence-electron chi connectivity index (χ4n) is 2.25. The van der Waals surface area contributed by atoms with E-state index in [4.69, 9.17) is 21.1 Å². The topological polar surface area (TPSA) is 52.6 Å². The summed E-state index contributed by atoms with van der Waals surface area (Å²) in [5, 5.41) is 0.342. The summed E-state index contributed by atoms with van der Waals surface area (Å²) in [6, 6.07) is 5.13. The Morgan fingerprint density at radius 2 is 1.64 bits per heavy atom. The lowest BCUT2D eigenvalue weighted by Gasteiger charge is -2.05. The Morgan fingerprint density at radius 3 is 2.36 bits per heavy atom. The minimum Gasteiger partial charge on any atom is -0.463 e. The molecular formula is C20H27ClO4. The number of halogens is 1. The monoisotopic (exact) mass is 366 g/mol. The van der Waals surface area contributed by atoms with Gasteiger partial charge in [0.15, 0.2) is 0 Å². The number of hydrogen-bond acceptors (Lipinski definition) is 4. The van der Waals surface area contributed by atoms with Gasteiger partial charge in [-0.05, 0) is 31.0 Å². The van der Waals surface area contributed by atoms with E-state index in [0.717, 1.165) is 37.0 Å². The molecule has 0 radical (unpaired) electrons. The predicted molar refractivity (Wildman–Crippen MR) is 99.9 cm³/mol. The number of unbranched alkanes of at least 4 members (excludes halogenated alkanes) is 6. The molecule has 0 spiro atoms. The van der Waals surface area contributed by atoms with E-state index in [1.165, 1.54) is 25.7 Å². The number of hydrogen-bond donors (Lipinski definition) is 0. The number of carbonyl (C=O) groups is 2. The summed E-state index contributed by atoms with van der Waals surface area (Å²) in [7, 11) is 0. The lowest BCUT2D eigenvalue weighted by molar-refractivity contribution is -0.138. The maximum absolute atomic E-state index is 11.7. The lowest BCUT2D eigenvalue weighted by Crippen LogP contribution is -2.07. The second kappa shape index (κ2) is 12.5. The number of aryl methyl sites for hydroxylation is 1. The summed E-state index contributed by atoms with van der Waals surface area (Å²) < 4.78 is 10.2. The number of ether oxygens (including phenoxy) is 2. The maximum atomic E-state index is 11.7. The van der Waals surface area contributed by atoms with Crippen LogP contribution < -0.4 is 4.74 Å². The largest absolute Gasteiger partial charge is 0.463 e. The van der Waals surface area contributed by atoms with Gasteiger partial charge in [-0.2, -0.15) is 0 Å². The number of esters is 2. The van der Waals surface area contributed by atoms with Gasteiger partial charge < -0.3 is 9.47 Å². The normalized spacial score (nSPS) is 10.8. The Kier molecular flexibility index (Phi) is 10.6. The first-order chi connectivity index (χ1) is 12.0. The van der Waals surface area contributed by atoms with E-state index in [9.17, 15) is 9.59 Å². The van der Waals surface area contributed by atoms with Crippen LogP contribution in [0.1, 0.15) is 57.4 Å². The van der Waals surface area contributed by atoms with Gasteiger partial charge in [0.05, 0.1) is 11.6 Å². The van der Waals surface area contributed by atoms with Crippen molar-refractivity contribution in [1.29, 1.82) is 0 Å². The van der Waals surface area contributed by atoms with Crippen LogP contribution in [0.2, 0.25) is 5.02 Å². The Labute approximate surface area is 155 Å². The van der Waals surface area contributed by atoms with E-state index < -0.39 is 11.9 Å². The Morgan fingerprint density at radius 1 is 1.00 bits per heavy atom. The molecule has 0 atom stereocenters. The first kappa shape index (κ1) is 21.2. The summed E-state index contributed by atoms with van der Waals surface area (Å²) >= 11 is 5.95. The van der Waals surface area contributed by atoms with Gasteiger partial charge in [-0.1, -0.05) is 63.1 Å². The van der Waals surface area contributed by atoms with Crippen molar-refractivity contribution < 1.29 is 19.1 Å². The van der Waals surface area contributed by atoms with Crippen molar-refractivity contribution in [2.45, 2.75) is 58.8 Å². The van der Waals surface area contributed by atoms with Crippen molar-refractivity contribution in [1.82, 2.24) is 0 Å². The zero-order chi connectivity index (χ0) is 18.5. The second-order valence-corrected chi connectivity index (χ2v) is 6.38. The van der Waals surface area contributed by atoms with Crippen molar-refractivity contribution in [3.63, 3.8) is 0 Å². The standard InChI is InChI=1S/C20H27ClO4/c1-3-4-5-6-7-8-9-14-24-19(22)12-13-20(23)25-18-15-16(2)10-11-17(18)21/h10-13,15H,3-9,14H2,1-2H3/b13-12+. The van der Waals surface area contributed by atoms with E-state index in [1.54, 1.807) is 12.1 Å². The third-order valence-corrected chi connectivity index (χ3v) is 3.96. The second-order valence-electron chi connectivity index (χ2n) is 5.98. The fraction of sp³-hybridized carbons (Fsp3) is 0.500. The van der Waals surface area contributed by atoms with Crippen LogP contribution in [0.4, 0.5) is 0 Å². The van der Waals surface area contributed by atoms with E-state index in [2.05, 4.69) is 6.92 Å². The van der Waals surface area contributed by atoms with Gasteiger partial charge >= 0.3 is 11.9 Å². The molecule has 1 aromatic carbocycles. The Balaban J connectivity index is 2.20. The van der Waals surface area contributed by atoms with Crippen LogP contribution in [0.25, 0.3) is 0 Å². The summed E-state index contributed by atoms with van der Waals surface area (Å²) in [5.74, 6) is -0.939. The maximum Gasteiger partial charge on any atom is 0.336 e. The number of benzene rings is 1. The minimum atomic E-state index is -0.666. The molecule has 0 saturated heterocycles. The highest BCUT2D eigenvalue weighted by Gasteiger charge is 2.07. The van der Waals surface area contributed by atoms with E-state index >= 15 is 0 Å². The molecule has 5 heteroatoms. The van der Waals surface area contributed by atoms with Gasteiger partial charge in [-0.3, -0.25) is 0 Å². The quantitative estimate of drug-likeness (QED) is 0.227. The number of rotatable bonds is 11. The smallest absolute Gasteiger partial charge is 0.336 e. The Hall–Kier alpha value is -1.81. The van der Waals surface area contributed by atoms with Crippen LogP contribution in [0.3, 0.4) is 0 Å². The van der Waals surface area contributed by atoms with Crippen molar-refractivity contribution in [2.24, 2.45) is 0 Å². The molecule has 0 fully saturated rings. The highest BCUT2D eigenvalue weighted by Crippen LogP contribution is 2.25. The van der Waals surface area contributed by atoms with Crippen molar-refractivity contribution >= 4 is 23.5 Å². The van der Waals surface area contributed by atoms with Crippen molar-refractivity contribution in [2.75, 3.05) is 6.61 Å². The SMILES string of the molecule is CCCCCCCCCOC(=O)/C=C/C(=O)Oc1cc(C)ccc1Cl. The van der Waals surface area contributed by atoms with Crippen LogP contribution in [-0.4, -0.2) is 18.5 Å². The summed E-state index contributed by atoms with van der Waals surface area (Å²) in [5.41, 5.74) is 0.922. The number of carbonyl (C=O) groups excluding carboxylic acids is 2. The van der Waals surface area contributed by atoms with Crippen LogP contribution in [0, 0.1) is 6.92 Å². The first-order valence-electron chi connectivity index (χ1n) is 8.85. The van der Waals surface area contributed by atoms with E-state index in [0.29, 0.717) is 11.6 Å². The minimum absolute atomic E-state index is 0.271. The molecule has 0 saturated carbocycles. The van der Waals surface area contributed by atoms with Crippen LogP contribution in [-0.2, 0) is 14.3 Å². The van der Waals surface area contributed by atoms with Gasteiger partial charge in [0.1, 0.15) is 5.75 Å². The third kappa shape index (κ3) is 9.92. The predicted octanol–water partition coefficient (Wildman–Crippen LogP) is 5.40. The molecule has 0 amide bonds. The average Bonchev–Trinajstić information content (AvgIpc) is 2.58. The molecule has 138 valence electrons. The first-order valence-corrected chi connectivity index (χ1v) is 9.23. The molecule has 0 unspecified atom stereocenters. The molecule has 0 aromatic heterocycles. The van der Waals surface area contributed by atoms with E-state index in [-0.39, 0.29) is 5.75 Å². The molecule has 0 bridgehead atoms. The summed E-state index contributed by atoms with van der Waals surface area (Å²) in [6.07, 6.45) is 10.2. The summed E-state index contributed by atoms with van der Waals surface area (Å²) in [4.78, 5) is 23.3. The van der Waals surface area contributed by atoms with Gasteiger partial charge in [-0.15, -0.1) is 0 Å². The molecular weight excluding hydrogens is 340 g/mol. The molecule has 1 rings (SSSR count). The van der Waals surface area contributed by atoms with Crippen LogP contribution in [0.5, 0.6) is 5.75 Å². The van der Waals surface area contributed by atoms with E-state index in [1.807, 2.05) is 13.0 Å². The summed E-state index contributed by atoms with van der Waals surface area (Å²) in [6.45, 7) is 4.43. The zero-order valence-electron chi connectivity index (χ0n) is 15.1. The highest BCUT2D eigenvalue weighted by molar-refractivity contribution is 6.32. The molecule has 1 aromatic rings. The highest BCUT2D eigenvalue weighted by atomic mass is 35.5. The van der Waals surface area contributed by atoms with Gasteiger partial charge in [0, 0.05) is 12.2 Å². The van der Waals surface area contributed by atoms with Crippen LogP contribution in [0.15, 0.2) is 30.4 Å². The molecule has 0 aliphatic carbocycles. The van der Waals surface area contributed by atoms with Gasteiger partial charge in [0.25, 0.3) is 0 Å². The molecule has 0 N–H and O–H groups in total. The van der Waals surface area contributed by atoms with Crippen LogP contribution >= 0.6 is 11.6 Å². The van der Waals surface area contributed by atoms with Crippen molar-refractivity contribution in [3.05, 3.63) is 40.9 Å². The third-order valence-electron chi connectivity index (χ3n) is 3.64. The lowest BCUT2D eigenvalue weighted by atomic mass is 10.1. The average molecular weight is 367 g/mol. The Bertz CT molecular complexity index is 581. The molecule has 0 aliphatic rings. The molecule has 0 aliphatic heterocycles. The van der Waals surface area contributed by atoms with Crippen molar-refractivity contribution in [3.8, 4) is 5.75 Å².